The van der Waals surface area contributed by atoms with Gasteiger partial charge in [-0.05, 0) is 97.9 Å². The predicted molar refractivity (Wildman–Crippen MR) is 123 cm³/mol. The van der Waals surface area contributed by atoms with E-state index in [1.807, 2.05) is 7.11 Å². The highest BCUT2D eigenvalue weighted by atomic mass is 19.4. The van der Waals surface area contributed by atoms with E-state index in [0.717, 1.165) is 50.2 Å². The summed E-state index contributed by atoms with van der Waals surface area (Å²) in [7, 11) is 1.85. The zero-order chi connectivity index (χ0) is 24.3. The SMILES string of the molecule is COCC12CC[C@H](C)CC1CCC1C2CCC2(C)C1CC[C@@H]2C(=O)Cn1ccc(C(F)(F)F)n1. The van der Waals surface area contributed by atoms with Gasteiger partial charge in [0.2, 0.25) is 0 Å². The van der Waals surface area contributed by atoms with E-state index in [1.165, 1.54) is 43.0 Å². The number of aromatic nitrogens is 2. The second-order valence-electron chi connectivity index (χ2n) is 12.2. The van der Waals surface area contributed by atoms with Crippen LogP contribution in [0.4, 0.5) is 13.2 Å². The minimum atomic E-state index is -4.48. The summed E-state index contributed by atoms with van der Waals surface area (Å²) in [4.78, 5) is 13.4. The molecule has 5 rings (SSSR count). The van der Waals surface area contributed by atoms with Crippen LogP contribution in [0.15, 0.2) is 12.3 Å². The molecule has 0 N–H and O–H groups in total. The van der Waals surface area contributed by atoms with Crippen molar-refractivity contribution in [3.8, 4) is 0 Å². The second kappa shape index (κ2) is 8.63. The first-order chi connectivity index (χ1) is 16.1. The Morgan fingerprint density at radius 1 is 1.15 bits per heavy atom. The number of fused-ring (bicyclic) bond motifs is 5. The topological polar surface area (TPSA) is 44.1 Å². The Hall–Kier alpha value is -1.37. The van der Waals surface area contributed by atoms with E-state index in [-0.39, 0.29) is 29.1 Å². The average Bonchev–Trinajstić information content (AvgIpc) is 3.38. The molecule has 0 radical (unpaired) electrons. The summed E-state index contributed by atoms with van der Waals surface area (Å²) in [5.74, 6) is 3.35. The van der Waals surface area contributed by atoms with Gasteiger partial charge in [0.15, 0.2) is 11.5 Å². The smallest absolute Gasteiger partial charge is 0.384 e. The molecular weight excluding hydrogens is 441 g/mol. The Morgan fingerprint density at radius 2 is 1.94 bits per heavy atom. The van der Waals surface area contributed by atoms with Gasteiger partial charge in [0.1, 0.15) is 0 Å². The van der Waals surface area contributed by atoms with Gasteiger partial charge >= 0.3 is 6.18 Å². The first kappa shape index (κ1) is 24.3. The lowest BCUT2D eigenvalue weighted by atomic mass is 9.44. The number of hydrogen-bond donors (Lipinski definition) is 0. The molecule has 1 heterocycles. The number of rotatable bonds is 5. The van der Waals surface area contributed by atoms with Crippen LogP contribution in [0, 0.1) is 46.3 Å². The maximum absolute atomic E-state index is 13.4. The third-order valence-electron chi connectivity index (χ3n) is 10.7. The van der Waals surface area contributed by atoms with Crippen LogP contribution in [0.3, 0.4) is 0 Å². The number of methoxy groups -OCH3 is 1. The Balaban J connectivity index is 1.34. The fourth-order valence-electron chi connectivity index (χ4n) is 9.21. The van der Waals surface area contributed by atoms with Gasteiger partial charge in [-0.1, -0.05) is 20.3 Å². The molecule has 0 bridgehead atoms. The van der Waals surface area contributed by atoms with Crippen molar-refractivity contribution in [2.75, 3.05) is 13.7 Å². The molecule has 4 aliphatic rings. The third-order valence-corrected chi connectivity index (χ3v) is 10.7. The fourth-order valence-corrected chi connectivity index (χ4v) is 9.21. The van der Waals surface area contributed by atoms with Gasteiger partial charge in [0.25, 0.3) is 0 Å². The van der Waals surface area contributed by atoms with Gasteiger partial charge in [-0.15, -0.1) is 0 Å². The summed E-state index contributed by atoms with van der Waals surface area (Å²) in [5.41, 5.74) is -0.698. The summed E-state index contributed by atoms with van der Waals surface area (Å²) in [5, 5.41) is 3.62. The van der Waals surface area contributed by atoms with Gasteiger partial charge in [-0.3, -0.25) is 9.48 Å². The number of alkyl halides is 3. The van der Waals surface area contributed by atoms with E-state index < -0.39 is 11.9 Å². The highest BCUT2D eigenvalue weighted by Crippen LogP contribution is 2.68. The van der Waals surface area contributed by atoms with Crippen LogP contribution in [0.5, 0.6) is 0 Å². The van der Waals surface area contributed by atoms with Crippen molar-refractivity contribution in [1.82, 2.24) is 9.78 Å². The van der Waals surface area contributed by atoms with Crippen molar-refractivity contribution in [2.24, 2.45) is 46.3 Å². The van der Waals surface area contributed by atoms with Gasteiger partial charge in [-0.25, -0.2) is 0 Å². The van der Waals surface area contributed by atoms with Crippen molar-refractivity contribution < 1.29 is 22.7 Å². The molecule has 0 amide bonds. The Labute approximate surface area is 201 Å². The third kappa shape index (κ3) is 3.84. The Kier molecular flexibility index (Phi) is 6.18. The average molecular weight is 481 g/mol. The van der Waals surface area contributed by atoms with Crippen molar-refractivity contribution in [3.63, 3.8) is 0 Å². The molecule has 34 heavy (non-hydrogen) atoms. The second-order valence-corrected chi connectivity index (χ2v) is 12.2. The summed E-state index contributed by atoms with van der Waals surface area (Å²) in [6, 6.07) is 0.955. The van der Waals surface area contributed by atoms with Crippen molar-refractivity contribution in [3.05, 3.63) is 18.0 Å². The van der Waals surface area contributed by atoms with E-state index in [9.17, 15) is 18.0 Å². The van der Waals surface area contributed by atoms with Crippen LogP contribution in [0.1, 0.15) is 77.3 Å². The molecule has 4 saturated carbocycles. The van der Waals surface area contributed by atoms with E-state index in [0.29, 0.717) is 17.8 Å². The molecule has 4 nitrogen and oxygen atoms in total. The maximum atomic E-state index is 13.4. The standard InChI is InChI=1S/C27H39F3N2O2/c1-17-8-12-26(16-34-3)18(14-17)4-5-19-20-6-7-22(25(20,2)11-9-21(19)26)23(33)15-32-13-10-24(31-32)27(28,29)30/h10,13,17-22H,4-9,11-12,14-16H2,1-3H3/t17-,18?,19?,20?,21?,22+,25?,26?/m0/s1. The van der Waals surface area contributed by atoms with E-state index >= 15 is 0 Å². The lowest BCUT2D eigenvalue weighted by Crippen LogP contribution is -2.56. The van der Waals surface area contributed by atoms with Crippen molar-refractivity contribution in [2.45, 2.75) is 84.4 Å². The van der Waals surface area contributed by atoms with Gasteiger partial charge in [-0.2, -0.15) is 18.3 Å². The predicted octanol–water partition coefficient (Wildman–Crippen LogP) is 6.39. The molecule has 7 heteroatoms. The summed E-state index contributed by atoms with van der Waals surface area (Å²) < 4.78 is 45.9. The van der Waals surface area contributed by atoms with Gasteiger partial charge < -0.3 is 4.74 Å². The fraction of sp³-hybridized carbons (Fsp3) is 0.852. The van der Waals surface area contributed by atoms with Crippen LogP contribution in [0.2, 0.25) is 0 Å². The zero-order valence-corrected chi connectivity index (χ0v) is 20.7. The number of ketones is 1. The monoisotopic (exact) mass is 480 g/mol. The summed E-state index contributed by atoms with van der Waals surface area (Å²) >= 11 is 0. The first-order valence-corrected chi connectivity index (χ1v) is 13.2. The van der Waals surface area contributed by atoms with E-state index in [1.54, 1.807) is 0 Å². The molecule has 190 valence electrons. The van der Waals surface area contributed by atoms with Gasteiger partial charge in [0.05, 0.1) is 13.2 Å². The molecule has 6 unspecified atom stereocenters. The number of halogens is 3. The first-order valence-electron chi connectivity index (χ1n) is 13.2. The molecule has 0 saturated heterocycles. The molecule has 0 aliphatic heterocycles. The number of carbonyl (C=O) groups excluding carboxylic acids is 1. The minimum Gasteiger partial charge on any atom is -0.384 e. The molecule has 0 spiro atoms. The van der Waals surface area contributed by atoms with Crippen molar-refractivity contribution in [1.29, 1.82) is 0 Å². The maximum Gasteiger partial charge on any atom is 0.435 e. The lowest BCUT2D eigenvalue weighted by Gasteiger charge is -2.61. The molecule has 4 fully saturated rings. The van der Waals surface area contributed by atoms with Crippen LogP contribution < -0.4 is 0 Å². The number of Topliss-reactive ketones (excluding diaryl/α,β-unsaturated/α-hetero) is 1. The lowest BCUT2D eigenvalue weighted by molar-refractivity contribution is -0.154. The Morgan fingerprint density at radius 3 is 2.65 bits per heavy atom. The van der Waals surface area contributed by atoms with Gasteiger partial charge in [0, 0.05) is 19.2 Å². The quantitative estimate of drug-likeness (QED) is 0.490. The number of carbonyl (C=O) groups is 1. The minimum absolute atomic E-state index is 0.0482. The zero-order valence-electron chi connectivity index (χ0n) is 20.7. The van der Waals surface area contributed by atoms with Crippen LogP contribution in [-0.4, -0.2) is 29.3 Å². The van der Waals surface area contributed by atoms with Crippen LogP contribution in [0.25, 0.3) is 0 Å². The number of ether oxygens (including phenoxy) is 1. The summed E-state index contributed by atoms with van der Waals surface area (Å²) in [6.45, 7) is 5.49. The molecule has 1 aromatic rings. The van der Waals surface area contributed by atoms with E-state index in [2.05, 4.69) is 18.9 Å². The number of nitrogens with zero attached hydrogens (tertiary/aromatic N) is 2. The Bertz CT molecular complexity index is 914. The molecule has 4 aliphatic carbocycles. The van der Waals surface area contributed by atoms with Crippen molar-refractivity contribution >= 4 is 5.78 Å². The van der Waals surface area contributed by atoms with E-state index in [4.69, 9.17) is 4.74 Å². The summed E-state index contributed by atoms with van der Waals surface area (Å²) in [6.07, 6.45) is 7.30. The molecule has 8 atom stereocenters. The highest BCUT2D eigenvalue weighted by Gasteiger charge is 2.62. The number of hydrogen-bond acceptors (Lipinski definition) is 3. The molecule has 0 aromatic carbocycles. The molecule has 1 aromatic heterocycles. The largest absolute Gasteiger partial charge is 0.435 e. The van der Waals surface area contributed by atoms with Crippen LogP contribution in [-0.2, 0) is 22.3 Å². The molecular formula is C27H39F3N2O2. The van der Waals surface area contributed by atoms with Crippen LogP contribution >= 0.6 is 0 Å². The normalized spacial score (nSPS) is 42.1. The highest BCUT2D eigenvalue weighted by molar-refractivity contribution is 5.82.